The molecule has 2 fully saturated rings. The van der Waals surface area contributed by atoms with Crippen molar-refractivity contribution in [2.24, 2.45) is 10.7 Å². The number of ether oxygens (including phenoxy) is 1. The Balaban J connectivity index is 1.14. The van der Waals surface area contributed by atoms with Crippen molar-refractivity contribution in [1.82, 2.24) is 15.1 Å². The first-order chi connectivity index (χ1) is 18.5. The third-order valence-corrected chi connectivity index (χ3v) is 9.64. The van der Waals surface area contributed by atoms with Crippen molar-refractivity contribution in [2.75, 3.05) is 26.2 Å². The van der Waals surface area contributed by atoms with Gasteiger partial charge in [0.1, 0.15) is 0 Å². The zero-order chi connectivity index (χ0) is 26.3. The van der Waals surface area contributed by atoms with Gasteiger partial charge in [-0.1, -0.05) is 18.2 Å². The van der Waals surface area contributed by atoms with Gasteiger partial charge in [0.25, 0.3) is 0 Å². The van der Waals surface area contributed by atoms with E-state index in [0.717, 1.165) is 64.6 Å². The molecule has 0 aliphatic carbocycles. The average Bonchev–Trinajstić information content (AvgIpc) is 3.46. The van der Waals surface area contributed by atoms with E-state index in [1.807, 2.05) is 47.5 Å². The molecule has 2 aromatic rings. The van der Waals surface area contributed by atoms with E-state index in [4.69, 9.17) is 10.5 Å². The molecule has 4 heterocycles. The zero-order valence-electron chi connectivity index (χ0n) is 21.2. The van der Waals surface area contributed by atoms with Crippen LogP contribution in [0.5, 0.6) is 5.75 Å². The topological polar surface area (TPSA) is 100 Å². The third-order valence-electron chi connectivity index (χ3n) is 8.30. The second-order valence-corrected chi connectivity index (χ2v) is 12.1. The molecule has 1 spiro atoms. The Hall–Kier alpha value is -3.09. The molecule has 9 heteroatoms. The van der Waals surface area contributed by atoms with Crippen LogP contribution in [0.15, 0.2) is 59.2 Å². The normalized spacial score (nSPS) is 23.1. The number of aliphatic imine (C=N–C) groups is 1. The van der Waals surface area contributed by atoms with Gasteiger partial charge in [0.05, 0.1) is 5.69 Å². The molecule has 38 heavy (non-hydrogen) atoms. The summed E-state index contributed by atoms with van der Waals surface area (Å²) in [6.45, 7) is 3.85. The summed E-state index contributed by atoms with van der Waals surface area (Å²) in [5.74, 6) is 1.000. The SMILES string of the molecule is N/C=C(\C=Nc1ccccc1)CN1CCC2(CC1)COc1c2ccc2c1CN(C1CCC(=O)N[C]1=[W])C2=O. The van der Waals surface area contributed by atoms with Crippen molar-refractivity contribution < 1.29 is 33.7 Å². The van der Waals surface area contributed by atoms with Crippen LogP contribution < -0.4 is 15.8 Å². The summed E-state index contributed by atoms with van der Waals surface area (Å²) < 4.78 is 7.30. The summed E-state index contributed by atoms with van der Waals surface area (Å²) >= 11 is 1.20. The molecular formula is C29H31N5O3W. The first kappa shape index (κ1) is 25.2. The van der Waals surface area contributed by atoms with Gasteiger partial charge in [-0.3, -0.25) is 4.99 Å². The molecule has 1 unspecified atom stereocenters. The molecule has 2 saturated heterocycles. The van der Waals surface area contributed by atoms with Crippen LogP contribution in [-0.4, -0.2) is 64.1 Å². The average molecular weight is 681 g/mol. The number of nitrogens with one attached hydrogen (secondary N) is 1. The van der Waals surface area contributed by atoms with Gasteiger partial charge in [0, 0.05) is 6.21 Å². The molecule has 1 atom stereocenters. The van der Waals surface area contributed by atoms with E-state index >= 15 is 0 Å². The number of carbonyl (C=O) groups is 2. The quantitative estimate of drug-likeness (QED) is 0.473. The van der Waals surface area contributed by atoms with Crippen molar-refractivity contribution in [1.29, 1.82) is 0 Å². The van der Waals surface area contributed by atoms with Gasteiger partial charge in [-0.15, -0.1) is 0 Å². The molecule has 0 aromatic heterocycles. The second-order valence-electron chi connectivity index (χ2n) is 10.5. The van der Waals surface area contributed by atoms with E-state index in [9.17, 15) is 9.59 Å². The first-order valence-corrected chi connectivity index (χ1v) is 14.6. The van der Waals surface area contributed by atoms with Gasteiger partial charge < -0.3 is 5.73 Å². The van der Waals surface area contributed by atoms with Crippen molar-refractivity contribution in [2.45, 2.75) is 43.7 Å². The monoisotopic (exact) mass is 681 g/mol. The van der Waals surface area contributed by atoms with E-state index < -0.39 is 0 Å². The van der Waals surface area contributed by atoms with Crippen molar-refractivity contribution in [3.8, 4) is 5.75 Å². The maximum atomic E-state index is 13.3. The number of likely N-dealkylation sites (tertiary alicyclic amines) is 1. The molecule has 4 aliphatic rings. The minimum absolute atomic E-state index is 0.0208. The van der Waals surface area contributed by atoms with Gasteiger partial charge >= 0.3 is 169 Å². The number of piperidine rings is 2. The fourth-order valence-electron chi connectivity index (χ4n) is 6.10. The fraction of sp³-hybridized carbons (Fsp3) is 0.379. The number of fused-ring (bicyclic) bond motifs is 4. The molecule has 3 N–H and O–H groups in total. The summed E-state index contributed by atoms with van der Waals surface area (Å²) in [6, 6.07) is 14.0. The Morgan fingerprint density at radius 2 is 1.97 bits per heavy atom. The summed E-state index contributed by atoms with van der Waals surface area (Å²) in [5, 5.41) is 2.96. The van der Waals surface area contributed by atoms with Crippen LogP contribution in [-0.2, 0) is 36.1 Å². The maximum absolute atomic E-state index is 13.3. The van der Waals surface area contributed by atoms with Crippen LogP contribution in [0.4, 0.5) is 5.69 Å². The predicted octanol–water partition coefficient (Wildman–Crippen LogP) is 2.57. The fourth-order valence-corrected chi connectivity index (χ4v) is 7.39. The standard InChI is InChI=1S/C29H31N5O3.W/c30-14-20(15-31-21-4-2-1-3-5-21)17-33-12-10-29(11-13-33)19-37-27-24-18-34(22-6-9-26(35)32-16-22)28(36)23(24)7-8-25(27)29;/h1-5,7-8,14-15,22H,6,9-13,17-19,30H2,(H,32,35);/b20-14+,31-15?;. The van der Waals surface area contributed by atoms with E-state index in [-0.39, 0.29) is 23.3 Å². The predicted molar refractivity (Wildman–Crippen MR) is 142 cm³/mol. The number of carbonyl (C=O) groups excluding carboxylic acids is 2. The first-order valence-electron chi connectivity index (χ1n) is 13.1. The van der Waals surface area contributed by atoms with E-state index in [1.54, 1.807) is 6.20 Å². The van der Waals surface area contributed by atoms with Gasteiger partial charge in [-0.05, 0) is 23.9 Å². The minimum atomic E-state index is -0.0351. The molecule has 0 bridgehead atoms. The number of nitrogens with zero attached hydrogens (tertiary/aromatic N) is 3. The van der Waals surface area contributed by atoms with Crippen LogP contribution in [0.3, 0.4) is 0 Å². The van der Waals surface area contributed by atoms with E-state index in [0.29, 0.717) is 26.0 Å². The van der Waals surface area contributed by atoms with Crippen molar-refractivity contribution in [3.05, 3.63) is 70.9 Å². The number of hydrogen-bond acceptors (Lipinski definition) is 6. The molecule has 2 aromatic carbocycles. The van der Waals surface area contributed by atoms with Gasteiger partial charge in [0.2, 0.25) is 0 Å². The van der Waals surface area contributed by atoms with Crippen LogP contribution in [0.25, 0.3) is 0 Å². The van der Waals surface area contributed by atoms with Gasteiger partial charge in [-0.25, -0.2) is 0 Å². The Morgan fingerprint density at radius 3 is 2.71 bits per heavy atom. The molecule has 2 amide bonds. The van der Waals surface area contributed by atoms with Crippen LogP contribution in [0, 0.1) is 0 Å². The molecule has 196 valence electrons. The van der Waals surface area contributed by atoms with Crippen LogP contribution >= 0.6 is 0 Å². The van der Waals surface area contributed by atoms with E-state index in [2.05, 4.69) is 21.3 Å². The summed E-state index contributed by atoms with van der Waals surface area (Å²) in [5.41, 5.74) is 10.8. The Bertz CT molecular complexity index is 1350. The zero-order valence-corrected chi connectivity index (χ0v) is 24.1. The van der Waals surface area contributed by atoms with Crippen LogP contribution in [0.1, 0.15) is 47.2 Å². The Kier molecular flexibility index (Phi) is 6.79. The molecule has 0 radical (unpaired) electrons. The number of nitrogens with two attached hydrogens (primary N) is 1. The van der Waals surface area contributed by atoms with Gasteiger partial charge in [0.15, 0.2) is 0 Å². The molecule has 8 nitrogen and oxygen atoms in total. The number of benzene rings is 2. The third kappa shape index (κ3) is 4.54. The summed E-state index contributed by atoms with van der Waals surface area (Å²) in [4.78, 5) is 34.0. The van der Waals surface area contributed by atoms with Crippen molar-refractivity contribution >= 4 is 27.7 Å². The number of amides is 2. The second kappa shape index (κ2) is 10.2. The van der Waals surface area contributed by atoms with Crippen molar-refractivity contribution in [3.63, 3.8) is 0 Å². The number of rotatable bonds is 5. The summed E-state index contributed by atoms with van der Waals surface area (Å²) in [7, 11) is 0. The molecular weight excluding hydrogens is 650 g/mol. The Morgan fingerprint density at radius 1 is 1.18 bits per heavy atom. The summed E-state index contributed by atoms with van der Waals surface area (Å²) in [6.07, 6.45) is 6.63. The number of para-hydroxylation sites is 1. The molecule has 6 rings (SSSR count). The van der Waals surface area contributed by atoms with Gasteiger partial charge in [-0.2, -0.15) is 0 Å². The Labute approximate surface area is 233 Å². The van der Waals surface area contributed by atoms with E-state index in [1.165, 1.54) is 24.9 Å². The molecule has 4 aliphatic heterocycles. The number of hydrogen-bond donors (Lipinski definition) is 2. The van der Waals surface area contributed by atoms with Crippen LogP contribution in [0.2, 0.25) is 0 Å². The molecule has 0 saturated carbocycles.